The predicted molar refractivity (Wildman–Crippen MR) is 93.8 cm³/mol. The Hall–Kier alpha value is -1.43. The van der Waals surface area contributed by atoms with Gasteiger partial charge in [-0.25, -0.2) is 0 Å². The number of thiocarbonyl (C=S) groups is 1. The third-order valence-corrected chi connectivity index (χ3v) is 4.26. The highest BCUT2D eigenvalue weighted by Gasteiger charge is 2.06. The normalized spacial score (nSPS) is 10.2. The molecule has 2 rings (SSSR count). The lowest BCUT2D eigenvalue weighted by atomic mass is 10.1. The highest BCUT2D eigenvalue weighted by atomic mass is 79.9. The average Bonchev–Trinajstić information content (AvgIpc) is 2.43. The van der Waals surface area contributed by atoms with E-state index >= 15 is 0 Å². The van der Waals surface area contributed by atoms with Crippen molar-refractivity contribution >= 4 is 56.3 Å². The van der Waals surface area contributed by atoms with Crippen LogP contribution in [-0.2, 0) is 11.2 Å². The SMILES string of the molecule is NC(=S)c1ccc(CC(=O)Nc2ccc(Cl)c(Br)c2)cc1. The first-order valence-corrected chi connectivity index (χ1v) is 7.67. The summed E-state index contributed by atoms with van der Waals surface area (Å²) in [7, 11) is 0. The Morgan fingerprint density at radius 3 is 2.48 bits per heavy atom. The highest BCUT2D eigenvalue weighted by Crippen LogP contribution is 2.25. The highest BCUT2D eigenvalue weighted by molar-refractivity contribution is 9.10. The zero-order chi connectivity index (χ0) is 15.4. The van der Waals surface area contributed by atoms with Crippen molar-refractivity contribution in [3.8, 4) is 0 Å². The van der Waals surface area contributed by atoms with Gasteiger partial charge in [0, 0.05) is 15.7 Å². The predicted octanol–water partition coefficient (Wildman–Crippen LogP) is 3.92. The van der Waals surface area contributed by atoms with Gasteiger partial charge in [0.25, 0.3) is 0 Å². The molecule has 0 saturated heterocycles. The van der Waals surface area contributed by atoms with Gasteiger partial charge in [0.1, 0.15) is 4.99 Å². The van der Waals surface area contributed by atoms with E-state index in [1.165, 1.54) is 0 Å². The van der Waals surface area contributed by atoms with Crippen LogP contribution in [0.3, 0.4) is 0 Å². The molecule has 3 N–H and O–H groups in total. The van der Waals surface area contributed by atoms with Crippen LogP contribution in [0.25, 0.3) is 0 Å². The summed E-state index contributed by atoms with van der Waals surface area (Å²) >= 11 is 14.1. The molecule has 0 aromatic heterocycles. The van der Waals surface area contributed by atoms with E-state index < -0.39 is 0 Å². The first-order valence-electron chi connectivity index (χ1n) is 6.09. The number of nitrogens with two attached hydrogens (primary N) is 1. The number of hydrogen-bond donors (Lipinski definition) is 2. The second kappa shape index (κ2) is 7.02. The molecule has 0 heterocycles. The van der Waals surface area contributed by atoms with E-state index in [0.717, 1.165) is 15.6 Å². The van der Waals surface area contributed by atoms with Crippen LogP contribution in [0.1, 0.15) is 11.1 Å². The van der Waals surface area contributed by atoms with E-state index in [9.17, 15) is 4.79 Å². The fourth-order valence-electron chi connectivity index (χ4n) is 1.75. The molecule has 0 unspecified atom stereocenters. The van der Waals surface area contributed by atoms with Gasteiger partial charge >= 0.3 is 0 Å². The second-order valence-corrected chi connectivity index (χ2v) is 6.12. The summed E-state index contributed by atoms with van der Waals surface area (Å²) in [6.45, 7) is 0. The molecule has 0 fully saturated rings. The molecule has 1 amide bonds. The number of rotatable bonds is 4. The zero-order valence-corrected chi connectivity index (χ0v) is 14.1. The molecule has 0 aliphatic carbocycles. The molecule has 0 spiro atoms. The van der Waals surface area contributed by atoms with Crippen LogP contribution >= 0.6 is 39.7 Å². The quantitative estimate of drug-likeness (QED) is 0.787. The van der Waals surface area contributed by atoms with Crippen molar-refractivity contribution in [1.29, 1.82) is 0 Å². The first-order chi connectivity index (χ1) is 9.95. The fourth-order valence-corrected chi connectivity index (χ4v) is 2.38. The number of hydrogen-bond acceptors (Lipinski definition) is 2. The molecule has 0 atom stereocenters. The number of nitrogens with one attached hydrogen (secondary N) is 1. The van der Waals surface area contributed by atoms with Crippen molar-refractivity contribution in [1.82, 2.24) is 0 Å². The van der Waals surface area contributed by atoms with Crippen molar-refractivity contribution in [2.45, 2.75) is 6.42 Å². The Bertz CT molecular complexity index is 689. The largest absolute Gasteiger partial charge is 0.389 e. The fraction of sp³-hybridized carbons (Fsp3) is 0.0667. The van der Waals surface area contributed by atoms with Crippen LogP contribution in [0.5, 0.6) is 0 Å². The zero-order valence-electron chi connectivity index (χ0n) is 10.9. The number of carbonyl (C=O) groups excluding carboxylic acids is 1. The van der Waals surface area contributed by atoms with Crippen molar-refractivity contribution in [2.75, 3.05) is 5.32 Å². The Labute approximate surface area is 141 Å². The number of amides is 1. The first kappa shape index (κ1) is 15.9. The summed E-state index contributed by atoms with van der Waals surface area (Å²) in [5, 5.41) is 3.42. The van der Waals surface area contributed by atoms with Crippen molar-refractivity contribution < 1.29 is 4.79 Å². The lowest BCUT2D eigenvalue weighted by Crippen LogP contribution is -2.14. The third-order valence-electron chi connectivity index (χ3n) is 2.81. The Kier molecular flexibility index (Phi) is 5.33. The molecule has 2 aromatic rings. The summed E-state index contributed by atoms with van der Waals surface area (Å²) in [6, 6.07) is 12.5. The molecule has 0 aliphatic rings. The minimum atomic E-state index is -0.104. The minimum absolute atomic E-state index is 0.104. The molecular weight excluding hydrogens is 372 g/mol. The van der Waals surface area contributed by atoms with Crippen LogP contribution in [0.2, 0.25) is 5.02 Å². The Morgan fingerprint density at radius 2 is 1.90 bits per heavy atom. The van der Waals surface area contributed by atoms with Gasteiger partial charge in [-0.15, -0.1) is 0 Å². The van der Waals surface area contributed by atoms with E-state index in [1.54, 1.807) is 18.2 Å². The second-order valence-electron chi connectivity index (χ2n) is 4.42. The lowest BCUT2D eigenvalue weighted by molar-refractivity contribution is -0.115. The number of carbonyl (C=O) groups is 1. The number of halogens is 2. The molecule has 21 heavy (non-hydrogen) atoms. The standard InChI is InChI=1S/C15H12BrClN2OS/c16-12-8-11(5-6-13(12)17)19-14(20)7-9-1-3-10(4-2-9)15(18)21/h1-6,8H,7H2,(H2,18,21)(H,19,20). The molecule has 3 nitrogen and oxygen atoms in total. The maximum atomic E-state index is 12.0. The summed E-state index contributed by atoms with van der Waals surface area (Å²) in [6.07, 6.45) is 0.276. The van der Waals surface area contributed by atoms with Crippen molar-refractivity contribution in [3.63, 3.8) is 0 Å². The van der Waals surface area contributed by atoms with E-state index in [0.29, 0.717) is 15.7 Å². The molecular formula is C15H12BrClN2OS. The van der Waals surface area contributed by atoms with Crippen molar-refractivity contribution in [2.24, 2.45) is 5.73 Å². The smallest absolute Gasteiger partial charge is 0.228 e. The topological polar surface area (TPSA) is 55.1 Å². The molecule has 108 valence electrons. The van der Waals surface area contributed by atoms with E-state index in [4.69, 9.17) is 29.6 Å². The molecule has 0 radical (unpaired) electrons. The summed E-state index contributed by atoms with van der Waals surface area (Å²) in [5.74, 6) is -0.104. The number of benzene rings is 2. The van der Waals surface area contributed by atoms with Gasteiger partial charge in [-0.05, 0) is 39.7 Å². The van der Waals surface area contributed by atoms with E-state index in [1.807, 2.05) is 24.3 Å². The van der Waals surface area contributed by atoms with Crippen LogP contribution in [0, 0.1) is 0 Å². The molecule has 0 aliphatic heterocycles. The van der Waals surface area contributed by atoms with Crippen LogP contribution in [-0.4, -0.2) is 10.9 Å². The van der Waals surface area contributed by atoms with Gasteiger partial charge in [-0.1, -0.05) is 48.1 Å². The molecule has 6 heteroatoms. The van der Waals surface area contributed by atoms with Crippen molar-refractivity contribution in [3.05, 3.63) is 63.1 Å². The molecule has 2 aromatic carbocycles. The summed E-state index contributed by atoms with van der Waals surface area (Å²) in [4.78, 5) is 12.3. The van der Waals surface area contributed by atoms with Gasteiger partial charge in [0.2, 0.25) is 5.91 Å². The Morgan fingerprint density at radius 1 is 1.24 bits per heavy atom. The van der Waals surface area contributed by atoms with Gasteiger partial charge in [0.05, 0.1) is 11.4 Å². The van der Waals surface area contributed by atoms with Gasteiger partial charge in [-0.2, -0.15) is 0 Å². The number of anilines is 1. The van der Waals surface area contributed by atoms with Gasteiger partial charge < -0.3 is 11.1 Å². The van der Waals surface area contributed by atoms with Crippen LogP contribution in [0.4, 0.5) is 5.69 Å². The van der Waals surface area contributed by atoms with Crippen LogP contribution in [0.15, 0.2) is 46.9 Å². The molecule has 0 bridgehead atoms. The van der Waals surface area contributed by atoms with Gasteiger partial charge in [0.15, 0.2) is 0 Å². The van der Waals surface area contributed by atoms with E-state index in [2.05, 4.69) is 21.2 Å². The minimum Gasteiger partial charge on any atom is -0.389 e. The lowest BCUT2D eigenvalue weighted by Gasteiger charge is -2.07. The maximum absolute atomic E-state index is 12.0. The summed E-state index contributed by atoms with van der Waals surface area (Å²) < 4.78 is 0.739. The van der Waals surface area contributed by atoms with E-state index in [-0.39, 0.29) is 12.3 Å². The monoisotopic (exact) mass is 382 g/mol. The third kappa shape index (κ3) is 4.52. The van der Waals surface area contributed by atoms with Gasteiger partial charge in [-0.3, -0.25) is 4.79 Å². The average molecular weight is 384 g/mol. The Balaban J connectivity index is 2.01. The summed E-state index contributed by atoms with van der Waals surface area (Å²) in [5.41, 5.74) is 7.90. The maximum Gasteiger partial charge on any atom is 0.228 e. The van der Waals surface area contributed by atoms with Crippen LogP contribution < -0.4 is 11.1 Å². The molecule has 0 saturated carbocycles.